The first kappa shape index (κ1) is 17.3. The molecular weight excluding hydrogens is 335 g/mol. The van der Waals surface area contributed by atoms with Crippen molar-refractivity contribution in [2.75, 3.05) is 6.61 Å². The number of nitrogens with one attached hydrogen (secondary N) is 1. The number of benzene rings is 2. The van der Waals surface area contributed by atoms with Crippen molar-refractivity contribution in [2.45, 2.75) is 13.8 Å². The van der Waals surface area contributed by atoms with E-state index in [4.69, 9.17) is 27.9 Å². The Hall–Kier alpha value is -2.04. The van der Waals surface area contributed by atoms with Crippen molar-refractivity contribution in [3.8, 4) is 5.75 Å². The molecule has 0 radical (unpaired) electrons. The summed E-state index contributed by atoms with van der Waals surface area (Å²) in [7, 11) is 0. The molecule has 2 rings (SSSR count). The summed E-state index contributed by atoms with van der Waals surface area (Å²) in [6.07, 6.45) is 1.45. The van der Waals surface area contributed by atoms with Gasteiger partial charge in [0.05, 0.1) is 11.2 Å². The SMILES string of the molecule is Cc1ccc(OCC(=O)N/N=C/c2ccc(Cl)cc2Cl)c(C)c1. The van der Waals surface area contributed by atoms with E-state index in [1.807, 2.05) is 32.0 Å². The van der Waals surface area contributed by atoms with Gasteiger partial charge in [0, 0.05) is 10.6 Å². The Kier molecular flexibility index (Phi) is 6.02. The van der Waals surface area contributed by atoms with Crippen molar-refractivity contribution >= 4 is 35.3 Å². The molecule has 0 fully saturated rings. The van der Waals surface area contributed by atoms with Gasteiger partial charge >= 0.3 is 0 Å². The molecular formula is C17H16Cl2N2O2. The Morgan fingerprint density at radius 3 is 2.70 bits per heavy atom. The van der Waals surface area contributed by atoms with Crippen LogP contribution in [0.3, 0.4) is 0 Å². The molecule has 120 valence electrons. The summed E-state index contributed by atoms with van der Waals surface area (Å²) in [5.74, 6) is 0.321. The third-order valence-corrected chi connectivity index (χ3v) is 3.61. The van der Waals surface area contributed by atoms with Gasteiger partial charge in [-0.15, -0.1) is 0 Å². The van der Waals surface area contributed by atoms with Crippen LogP contribution in [0.1, 0.15) is 16.7 Å². The number of carbonyl (C=O) groups excluding carboxylic acids is 1. The van der Waals surface area contributed by atoms with E-state index in [-0.39, 0.29) is 12.5 Å². The van der Waals surface area contributed by atoms with Gasteiger partial charge in [-0.05, 0) is 37.6 Å². The predicted molar refractivity (Wildman–Crippen MR) is 93.6 cm³/mol. The monoisotopic (exact) mass is 350 g/mol. The van der Waals surface area contributed by atoms with Gasteiger partial charge in [-0.1, -0.05) is 47.0 Å². The Morgan fingerprint density at radius 2 is 2.00 bits per heavy atom. The summed E-state index contributed by atoms with van der Waals surface area (Å²) >= 11 is 11.8. The molecule has 0 unspecified atom stereocenters. The molecule has 23 heavy (non-hydrogen) atoms. The zero-order chi connectivity index (χ0) is 16.8. The lowest BCUT2D eigenvalue weighted by atomic mass is 10.1. The number of hydrogen-bond donors (Lipinski definition) is 1. The largest absolute Gasteiger partial charge is 0.483 e. The Morgan fingerprint density at radius 1 is 1.22 bits per heavy atom. The first-order chi connectivity index (χ1) is 11.0. The summed E-state index contributed by atoms with van der Waals surface area (Å²) in [4.78, 5) is 11.7. The van der Waals surface area contributed by atoms with Crippen LogP contribution in [0.15, 0.2) is 41.5 Å². The number of rotatable bonds is 5. The van der Waals surface area contributed by atoms with Gasteiger partial charge in [-0.3, -0.25) is 4.79 Å². The highest BCUT2D eigenvalue weighted by molar-refractivity contribution is 6.36. The van der Waals surface area contributed by atoms with Gasteiger partial charge < -0.3 is 4.74 Å². The number of ether oxygens (including phenoxy) is 1. The second-order valence-electron chi connectivity index (χ2n) is 5.02. The van der Waals surface area contributed by atoms with E-state index in [0.29, 0.717) is 21.4 Å². The number of halogens is 2. The van der Waals surface area contributed by atoms with Gasteiger partial charge in [0.1, 0.15) is 5.75 Å². The van der Waals surface area contributed by atoms with Crippen LogP contribution >= 0.6 is 23.2 Å². The van der Waals surface area contributed by atoms with Crippen LogP contribution in [0.25, 0.3) is 0 Å². The molecule has 0 atom stereocenters. The van der Waals surface area contributed by atoms with Crippen LogP contribution in [0, 0.1) is 13.8 Å². The van der Waals surface area contributed by atoms with Crippen LogP contribution < -0.4 is 10.2 Å². The van der Waals surface area contributed by atoms with E-state index in [0.717, 1.165) is 11.1 Å². The number of carbonyl (C=O) groups is 1. The van der Waals surface area contributed by atoms with Gasteiger partial charge in [0.25, 0.3) is 5.91 Å². The minimum atomic E-state index is -0.355. The molecule has 4 nitrogen and oxygen atoms in total. The molecule has 2 aromatic rings. The van der Waals surface area contributed by atoms with Crippen LogP contribution in [-0.2, 0) is 4.79 Å². The van der Waals surface area contributed by atoms with E-state index in [9.17, 15) is 4.79 Å². The zero-order valence-corrected chi connectivity index (χ0v) is 14.3. The molecule has 2 aromatic carbocycles. The minimum Gasteiger partial charge on any atom is -0.483 e. The summed E-state index contributed by atoms with van der Waals surface area (Å²) in [5.41, 5.74) is 5.17. The Balaban J connectivity index is 1.86. The van der Waals surface area contributed by atoms with Gasteiger partial charge in [0.15, 0.2) is 6.61 Å². The highest BCUT2D eigenvalue weighted by Gasteiger charge is 2.04. The average molecular weight is 351 g/mol. The molecule has 0 aliphatic rings. The molecule has 1 N–H and O–H groups in total. The minimum absolute atomic E-state index is 0.115. The van der Waals surface area contributed by atoms with Crippen molar-refractivity contribution in [1.29, 1.82) is 0 Å². The quantitative estimate of drug-likeness (QED) is 0.650. The standard InChI is InChI=1S/C17H16Cl2N2O2/c1-11-3-6-16(12(2)7-11)23-10-17(22)21-20-9-13-4-5-14(18)8-15(13)19/h3-9H,10H2,1-2H3,(H,21,22)/b20-9+. The van der Waals surface area contributed by atoms with Gasteiger partial charge in [-0.25, -0.2) is 5.43 Å². The molecule has 0 aromatic heterocycles. The molecule has 0 bridgehead atoms. The Labute approximate surface area is 145 Å². The van der Waals surface area contributed by atoms with E-state index >= 15 is 0 Å². The number of nitrogens with zero attached hydrogens (tertiary/aromatic N) is 1. The van der Waals surface area contributed by atoms with Crippen molar-refractivity contribution in [3.63, 3.8) is 0 Å². The molecule has 0 heterocycles. The smallest absolute Gasteiger partial charge is 0.277 e. The lowest BCUT2D eigenvalue weighted by Crippen LogP contribution is -2.24. The summed E-state index contributed by atoms with van der Waals surface area (Å²) in [6, 6.07) is 10.8. The predicted octanol–water partition coefficient (Wildman–Crippen LogP) is 4.14. The van der Waals surface area contributed by atoms with E-state index in [1.165, 1.54) is 6.21 Å². The fourth-order valence-corrected chi connectivity index (χ4v) is 2.37. The fourth-order valence-electron chi connectivity index (χ4n) is 1.92. The molecule has 1 amide bonds. The fraction of sp³-hybridized carbons (Fsp3) is 0.176. The normalized spacial score (nSPS) is 10.8. The van der Waals surface area contributed by atoms with Crippen molar-refractivity contribution in [3.05, 3.63) is 63.1 Å². The van der Waals surface area contributed by atoms with Gasteiger partial charge in [0.2, 0.25) is 0 Å². The van der Waals surface area contributed by atoms with Crippen LogP contribution in [-0.4, -0.2) is 18.7 Å². The van der Waals surface area contributed by atoms with Crippen molar-refractivity contribution in [2.24, 2.45) is 5.10 Å². The first-order valence-corrected chi connectivity index (χ1v) is 7.68. The molecule has 0 spiro atoms. The second kappa shape index (κ2) is 7.99. The molecule has 0 saturated heterocycles. The Bertz CT molecular complexity index is 745. The molecule has 6 heteroatoms. The number of hydrazone groups is 1. The lowest BCUT2D eigenvalue weighted by Gasteiger charge is -2.08. The second-order valence-corrected chi connectivity index (χ2v) is 5.86. The van der Waals surface area contributed by atoms with E-state index in [2.05, 4.69) is 10.5 Å². The van der Waals surface area contributed by atoms with Crippen molar-refractivity contribution in [1.82, 2.24) is 5.43 Å². The van der Waals surface area contributed by atoms with Crippen LogP contribution in [0.5, 0.6) is 5.75 Å². The molecule has 0 saturated carbocycles. The maximum absolute atomic E-state index is 11.7. The molecule has 0 aliphatic heterocycles. The van der Waals surface area contributed by atoms with Gasteiger partial charge in [-0.2, -0.15) is 5.10 Å². The van der Waals surface area contributed by atoms with E-state index < -0.39 is 0 Å². The van der Waals surface area contributed by atoms with Crippen LogP contribution in [0.2, 0.25) is 10.0 Å². The van der Waals surface area contributed by atoms with E-state index in [1.54, 1.807) is 18.2 Å². The van der Waals surface area contributed by atoms with Crippen molar-refractivity contribution < 1.29 is 9.53 Å². The maximum Gasteiger partial charge on any atom is 0.277 e. The highest BCUT2D eigenvalue weighted by atomic mass is 35.5. The number of hydrogen-bond acceptors (Lipinski definition) is 3. The van der Waals surface area contributed by atoms with Crippen LogP contribution in [0.4, 0.5) is 0 Å². The third kappa shape index (κ3) is 5.27. The maximum atomic E-state index is 11.7. The lowest BCUT2D eigenvalue weighted by molar-refractivity contribution is -0.123. The summed E-state index contributed by atoms with van der Waals surface area (Å²) < 4.78 is 5.47. The highest BCUT2D eigenvalue weighted by Crippen LogP contribution is 2.19. The summed E-state index contributed by atoms with van der Waals surface area (Å²) in [6.45, 7) is 3.82. The first-order valence-electron chi connectivity index (χ1n) is 6.92. The third-order valence-electron chi connectivity index (χ3n) is 3.04. The number of aryl methyl sites for hydroxylation is 2. The number of amides is 1. The molecule has 0 aliphatic carbocycles. The summed E-state index contributed by atoms with van der Waals surface area (Å²) in [5, 5.41) is 4.85. The zero-order valence-electron chi connectivity index (χ0n) is 12.8. The topological polar surface area (TPSA) is 50.7 Å². The average Bonchev–Trinajstić information content (AvgIpc) is 2.48.